The summed E-state index contributed by atoms with van der Waals surface area (Å²) >= 11 is 0. The highest BCUT2D eigenvalue weighted by molar-refractivity contribution is 7.54. The van der Waals surface area contributed by atoms with Crippen molar-refractivity contribution in [3.63, 3.8) is 0 Å². The van der Waals surface area contributed by atoms with Gasteiger partial charge >= 0.3 is 31.5 Å². The summed E-state index contributed by atoms with van der Waals surface area (Å²) in [5.41, 5.74) is -2.11. The van der Waals surface area contributed by atoms with E-state index in [1.54, 1.807) is 13.0 Å². The first-order chi connectivity index (χ1) is 21.2. The van der Waals surface area contributed by atoms with Gasteiger partial charge in [-0.1, -0.05) is 27.7 Å². The number of anilines is 1. The van der Waals surface area contributed by atoms with Crippen molar-refractivity contribution in [3.05, 3.63) is 22.7 Å². The fraction of sp³-hybridized carbons (Fsp3) is 0.750. The minimum absolute atomic E-state index is 0.00501. The van der Waals surface area contributed by atoms with Gasteiger partial charge in [0.15, 0.2) is 17.9 Å². The normalized spacial score (nSPS) is 26.9. The first-order valence-electron chi connectivity index (χ1n) is 15.0. The quantitative estimate of drug-likeness (QED) is 0.133. The van der Waals surface area contributed by atoms with E-state index in [-0.39, 0.29) is 30.7 Å². The number of esters is 2. The van der Waals surface area contributed by atoms with E-state index in [0.29, 0.717) is 5.82 Å². The second kappa shape index (κ2) is 14.2. The van der Waals surface area contributed by atoms with E-state index < -0.39 is 74.2 Å². The molecule has 0 bridgehead atoms. The molecule has 0 aromatic carbocycles. The Bertz CT molecular complexity index is 1320. The van der Waals surface area contributed by atoms with Crippen molar-refractivity contribution in [2.75, 3.05) is 26.1 Å². The van der Waals surface area contributed by atoms with Crippen molar-refractivity contribution in [2.45, 2.75) is 102 Å². The average Bonchev–Trinajstić information content (AvgIpc) is 3.66. The monoisotopic (exact) mass is 657 g/mol. The molecule has 1 saturated carbocycles. The fourth-order valence-electron chi connectivity index (χ4n) is 5.40. The molecule has 4 rings (SSSR count). The maximum absolute atomic E-state index is 14.4. The zero-order chi connectivity index (χ0) is 33.1. The van der Waals surface area contributed by atoms with E-state index >= 15 is 0 Å². The molecule has 2 saturated heterocycles. The van der Waals surface area contributed by atoms with Crippen LogP contribution in [0.3, 0.4) is 0 Å². The summed E-state index contributed by atoms with van der Waals surface area (Å²) in [7, 11) is -1.86. The second-order valence-corrected chi connectivity index (χ2v) is 14.4. The third kappa shape index (κ3) is 8.41. The number of aromatic nitrogens is 2. The maximum Gasteiger partial charge on any atom is 0.509 e. The molecule has 1 aromatic heterocycles. The van der Waals surface area contributed by atoms with Gasteiger partial charge in [-0.25, -0.2) is 19.8 Å². The van der Waals surface area contributed by atoms with E-state index in [9.17, 15) is 23.7 Å². The third-order valence-corrected chi connectivity index (χ3v) is 9.51. The molecule has 3 aliphatic rings. The zero-order valence-corrected chi connectivity index (χ0v) is 27.5. The first kappa shape index (κ1) is 34.8. The summed E-state index contributed by atoms with van der Waals surface area (Å²) in [5, 5.41) is 8.65. The fourth-order valence-corrected chi connectivity index (χ4v) is 7.22. The lowest BCUT2D eigenvalue weighted by atomic mass is 9.96. The van der Waals surface area contributed by atoms with E-state index in [2.05, 4.69) is 20.5 Å². The molecular formula is C28H44N5O11P. The van der Waals surface area contributed by atoms with Gasteiger partial charge in [0.05, 0.1) is 20.8 Å². The lowest BCUT2D eigenvalue weighted by Gasteiger charge is -2.30. The molecular weight excluding hydrogens is 613 g/mol. The van der Waals surface area contributed by atoms with Gasteiger partial charge in [-0.15, -0.1) is 0 Å². The smallest absolute Gasteiger partial charge is 0.468 e. The van der Waals surface area contributed by atoms with Crippen molar-refractivity contribution in [3.8, 4) is 0 Å². The van der Waals surface area contributed by atoms with Crippen LogP contribution in [0.25, 0.3) is 0 Å². The Morgan fingerprint density at radius 3 is 2.13 bits per heavy atom. The first-order valence-corrected chi connectivity index (χ1v) is 16.7. The van der Waals surface area contributed by atoms with E-state index in [0.717, 1.165) is 12.8 Å². The number of carbonyl (C=O) groups excluding carboxylic acids is 3. The van der Waals surface area contributed by atoms with Crippen molar-refractivity contribution in [2.24, 2.45) is 11.8 Å². The van der Waals surface area contributed by atoms with Gasteiger partial charge < -0.3 is 33.5 Å². The third-order valence-electron chi connectivity index (χ3n) is 7.69. The predicted molar refractivity (Wildman–Crippen MR) is 159 cm³/mol. The number of methoxy groups -OCH3 is 2. The largest absolute Gasteiger partial charge is 0.509 e. The van der Waals surface area contributed by atoms with Crippen LogP contribution in [0.1, 0.15) is 66.5 Å². The van der Waals surface area contributed by atoms with Crippen LogP contribution in [0.4, 0.5) is 10.6 Å². The summed E-state index contributed by atoms with van der Waals surface area (Å²) in [4.78, 5) is 54.8. The Morgan fingerprint density at radius 2 is 1.64 bits per heavy atom. The number of hydrogen-bond acceptors (Lipinski definition) is 13. The summed E-state index contributed by atoms with van der Waals surface area (Å²) < 4.78 is 48.5. The molecule has 0 radical (unpaired) electrons. The minimum atomic E-state index is -4.27. The van der Waals surface area contributed by atoms with E-state index in [1.807, 2.05) is 27.7 Å². The summed E-state index contributed by atoms with van der Waals surface area (Å²) in [6, 6.07) is -0.227. The molecule has 17 heteroatoms. The van der Waals surface area contributed by atoms with Crippen LogP contribution >= 0.6 is 7.67 Å². The van der Waals surface area contributed by atoms with Crippen LogP contribution in [0.5, 0.6) is 0 Å². The van der Waals surface area contributed by atoms with Crippen molar-refractivity contribution in [1.82, 2.24) is 19.7 Å². The highest BCUT2D eigenvalue weighted by Gasteiger charge is 2.64. The number of nitrogens with one attached hydrogen (secondary N) is 3. The standard InChI is InChI=1S/C28H44N5O11P/c1-15(2)12-18(23(34)39-6)31-45(38,32-19(13-16(3)4)24(35)40-7)41-14-20-22-28(5,44-27(37)43-22)25(42-20)33-11-10-21(30-26(33)36)29-17-8-9-17/h10-11,15-20,22,25H,8-9,12-14H2,1-7H3,(H,29,30,36)(H2,31,32,38)/t18?,19?,20-,22?,25-,28+,45?/m1/s1. The van der Waals surface area contributed by atoms with Gasteiger partial charge in [0.25, 0.3) is 0 Å². The molecule has 3 N–H and O–H groups in total. The van der Waals surface area contributed by atoms with Crippen molar-refractivity contribution < 1.29 is 47.2 Å². The predicted octanol–water partition coefficient (Wildman–Crippen LogP) is 2.49. The lowest BCUT2D eigenvalue weighted by molar-refractivity contribution is -0.143. The molecule has 3 fully saturated rings. The lowest BCUT2D eigenvalue weighted by Crippen LogP contribution is -2.46. The summed E-state index contributed by atoms with van der Waals surface area (Å²) in [6.45, 7) is 8.59. The molecule has 1 aromatic rings. The Morgan fingerprint density at radius 1 is 1.07 bits per heavy atom. The Balaban J connectivity index is 1.60. The van der Waals surface area contributed by atoms with Crippen molar-refractivity contribution >= 4 is 31.6 Å². The molecule has 0 spiro atoms. The van der Waals surface area contributed by atoms with Crippen LogP contribution in [-0.2, 0) is 42.4 Å². The van der Waals surface area contributed by atoms with E-state index in [4.69, 9.17) is 28.2 Å². The second-order valence-electron chi connectivity index (χ2n) is 12.5. The molecule has 1 aliphatic carbocycles. The van der Waals surface area contributed by atoms with Gasteiger partial charge in [-0.2, -0.15) is 4.98 Å². The van der Waals surface area contributed by atoms with Gasteiger partial charge in [-0.05, 0) is 50.5 Å². The van der Waals surface area contributed by atoms with Crippen LogP contribution in [-0.4, -0.2) is 84.4 Å². The topological polar surface area (TPSA) is 195 Å². The zero-order valence-electron chi connectivity index (χ0n) is 26.6. The number of carbonyl (C=O) groups is 3. The number of rotatable bonds is 16. The van der Waals surface area contributed by atoms with Gasteiger partial charge in [0, 0.05) is 12.2 Å². The average molecular weight is 658 g/mol. The summed E-state index contributed by atoms with van der Waals surface area (Å²) in [5.74, 6) is -0.951. The van der Waals surface area contributed by atoms with Gasteiger partial charge in [0.2, 0.25) is 0 Å². The number of hydrogen-bond donors (Lipinski definition) is 3. The molecule has 2 aliphatic heterocycles. The SMILES string of the molecule is COC(=O)C(CC(C)C)NP(=O)(NC(CC(C)C)C(=O)OC)OC[C@H]1O[C@@H](n2ccc(NC3CC3)nc2=O)[C@@]2(C)OC(=O)OC12. The maximum atomic E-state index is 14.4. The molecule has 3 heterocycles. The van der Waals surface area contributed by atoms with Gasteiger partial charge in [0.1, 0.15) is 24.0 Å². The Labute approximate surface area is 261 Å². The number of nitrogens with zero attached hydrogens (tertiary/aromatic N) is 2. The van der Waals surface area contributed by atoms with Crippen LogP contribution in [0, 0.1) is 11.8 Å². The van der Waals surface area contributed by atoms with E-state index in [1.165, 1.54) is 25.0 Å². The molecule has 45 heavy (non-hydrogen) atoms. The molecule has 252 valence electrons. The highest BCUT2D eigenvalue weighted by Crippen LogP contribution is 2.48. The molecule has 6 atom stereocenters. The highest BCUT2D eigenvalue weighted by atomic mass is 31.2. The van der Waals surface area contributed by atoms with Gasteiger partial charge in [-0.3, -0.25) is 18.7 Å². The Hall–Kier alpha value is -3.04. The van der Waals surface area contributed by atoms with Crippen molar-refractivity contribution in [1.29, 1.82) is 0 Å². The molecule has 0 amide bonds. The Kier molecular flexibility index (Phi) is 11.0. The van der Waals surface area contributed by atoms with Crippen LogP contribution in [0.15, 0.2) is 17.1 Å². The van der Waals surface area contributed by atoms with Crippen LogP contribution in [0.2, 0.25) is 0 Å². The minimum Gasteiger partial charge on any atom is -0.468 e. The molecule has 3 unspecified atom stereocenters. The number of ether oxygens (including phenoxy) is 5. The summed E-state index contributed by atoms with van der Waals surface area (Å²) in [6.07, 6.45) is -0.334. The number of fused-ring (bicyclic) bond motifs is 1. The van der Waals surface area contributed by atoms with Crippen LogP contribution < -0.4 is 21.2 Å². The molecule has 16 nitrogen and oxygen atoms in total.